The van der Waals surface area contributed by atoms with E-state index in [1.54, 1.807) is 0 Å². The van der Waals surface area contributed by atoms with Crippen LogP contribution in [0.1, 0.15) is 33.1 Å². The molecule has 0 aromatic heterocycles. The van der Waals surface area contributed by atoms with Crippen molar-refractivity contribution in [2.24, 2.45) is 11.7 Å². The smallest absolute Gasteiger partial charge is 0.0934 e. The first-order chi connectivity index (χ1) is 4.18. The summed E-state index contributed by atoms with van der Waals surface area (Å²) in [5.74, 6) is 0.605. The van der Waals surface area contributed by atoms with Crippen molar-refractivity contribution in [3.8, 4) is 0 Å². The summed E-state index contributed by atoms with van der Waals surface area (Å²) >= 11 is 0. The topological polar surface area (TPSA) is 49.9 Å². The summed E-state index contributed by atoms with van der Waals surface area (Å²) in [6, 6.07) is 0. The molecular formula is C7H17ClN2. The summed E-state index contributed by atoms with van der Waals surface area (Å²) in [5.41, 5.74) is 5.26. The summed E-state index contributed by atoms with van der Waals surface area (Å²) in [7, 11) is 0. The molecule has 0 aromatic carbocycles. The molecule has 0 radical (unpaired) electrons. The van der Waals surface area contributed by atoms with E-state index in [-0.39, 0.29) is 18.3 Å². The van der Waals surface area contributed by atoms with Crippen LogP contribution in [-0.2, 0) is 0 Å². The van der Waals surface area contributed by atoms with Crippen LogP contribution in [0.15, 0.2) is 0 Å². The third kappa shape index (κ3) is 5.89. The fourth-order valence-electron chi connectivity index (χ4n) is 0.666. The molecule has 0 aliphatic rings. The van der Waals surface area contributed by atoms with Crippen LogP contribution in [-0.4, -0.2) is 5.84 Å². The molecule has 0 saturated carbocycles. The number of hydrogen-bond donors (Lipinski definition) is 2. The lowest BCUT2D eigenvalue weighted by atomic mass is 10.0. The Balaban J connectivity index is 0. The summed E-state index contributed by atoms with van der Waals surface area (Å²) < 4.78 is 0. The minimum absolute atomic E-state index is 0. The van der Waals surface area contributed by atoms with Crippen molar-refractivity contribution in [2.45, 2.75) is 33.1 Å². The monoisotopic (exact) mass is 164 g/mol. The Labute approximate surface area is 69.1 Å². The van der Waals surface area contributed by atoms with Crippen molar-refractivity contribution in [2.75, 3.05) is 0 Å². The SMILES string of the molecule is CCCCC(C)C(=N)N.Cl. The van der Waals surface area contributed by atoms with E-state index in [0.29, 0.717) is 5.84 Å². The molecule has 10 heavy (non-hydrogen) atoms. The van der Waals surface area contributed by atoms with Crippen LogP contribution in [0.2, 0.25) is 0 Å². The molecule has 0 bridgehead atoms. The molecule has 0 spiro atoms. The number of nitrogens with two attached hydrogens (primary N) is 1. The number of amidine groups is 1. The molecule has 2 nitrogen and oxygen atoms in total. The van der Waals surface area contributed by atoms with Crippen LogP contribution in [0.25, 0.3) is 0 Å². The first kappa shape index (κ1) is 12.4. The highest BCUT2D eigenvalue weighted by atomic mass is 35.5. The molecular weight excluding hydrogens is 148 g/mol. The minimum atomic E-state index is 0. The lowest BCUT2D eigenvalue weighted by Crippen LogP contribution is -2.19. The molecule has 62 valence electrons. The zero-order valence-electron chi connectivity index (χ0n) is 6.68. The number of nitrogens with one attached hydrogen (secondary N) is 1. The number of unbranched alkanes of at least 4 members (excludes halogenated alkanes) is 1. The Morgan fingerprint density at radius 1 is 1.60 bits per heavy atom. The van der Waals surface area contributed by atoms with Gasteiger partial charge in [0.05, 0.1) is 5.84 Å². The van der Waals surface area contributed by atoms with Gasteiger partial charge in [-0.1, -0.05) is 26.7 Å². The second-order valence-electron chi connectivity index (χ2n) is 2.50. The number of hydrogen-bond acceptors (Lipinski definition) is 1. The fraction of sp³-hybridized carbons (Fsp3) is 0.857. The van der Waals surface area contributed by atoms with E-state index in [2.05, 4.69) is 6.92 Å². The van der Waals surface area contributed by atoms with Crippen LogP contribution in [0.5, 0.6) is 0 Å². The first-order valence-corrected chi connectivity index (χ1v) is 3.52. The highest BCUT2D eigenvalue weighted by Crippen LogP contribution is 2.05. The maximum Gasteiger partial charge on any atom is 0.0934 e. The van der Waals surface area contributed by atoms with Gasteiger partial charge >= 0.3 is 0 Å². The Hall–Kier alpha value is -0.240. The van der Waals surface area contributed by atoms with Gasteiger partial charge in [0.25, 0.3) is 0 Å². The Morgan fingerprint density at radius 2 is 2.10 bits per heavy atom. The second kappa shape index (κ2) is 6.87. The van der Waals surface area contributed by atoms with Crippen LogP contribution in [0.3, 0.4) is 0 Å². The fourth-order valence-corrected chi connectivity index (χ4v) is 0.666. The van der Waals surface area contributed by atoms with E-state index in [0.717, 1.165) is 6.42 Å². The molecule has 3 N–H and O–H groups in total. The quantitative estimate of drug-likeness (QED) is 0.486. The molecule has 1 unspecified atom stereocenters. The van der Waals surface area contributed by atoms with Gasteiger partial charge in [0.15, 0.2) is 0 Å². The summed E-state index contributed by atoms with van der Waals surface area (Å²) in [6.07, 6.45) is 3.43. The highest BCUT2D eigenvalue weighted by Gasteiger charge is 2.02. The van der Waals surface area contributed by atoms with Gasteiger partial charge in [-0.2, -0.15) is 0 Å². The van der Waals surface area contributed by atoms with E-state index >= 15 is 0 Å². The first-order valence-electron chi connectivity index (χ1n) is 3.52. The maximum absolute atomic E-state index is 7.06. The molecule has 1 atom stereocenters. The lowest BCUT2D eigenvalue weighted by molar-refractivity contribution is 0.618. The lowest BCUT2D eigenvalue weighted by Gasteiger charge is -2.06. The zero-order chi connectivity index (χ0) is 7.28. The third-order valence-corrected chi connectivity index (χ3v) is 1.52. The van der Waals surface area contributed by atoms with Crippen molar-refractivity contribution in [3.05, 3.63) is 0 Å². The van der Waals surface area contributed by atoms with Crippen molar-refractivity contribution in [1.29, 1.82) is 5.41 Å². The summed E-state index contributed by atoms with van der Waals surface area (Å²) in [5, 5.41) is 7.06. The van der Waals surface area contributed by atoms with E-state index in [4.69, 9.17) is 11.1 Å². The largest absolute Gasteiger partial charge is 0.387 e. The number of rotatable bonds is 4. The molecule has 0 heterocycles. The van der Waals surface area contributed by atoms with E-state index < -0.39 is 0 Å². The van der Waals surface area contributed by atoms with Gasteiger partial charge in [0, 0.05) is 5.92 Å². The molecule has 0 rings (SSSR count). The van der Waals surface area contributed by atoms with Crippen molar-refractivity contribution < 1.29 is 0 Å². The number of halogens is 1. The molecule has 0 aliphatic heterocycles. The standard InChI is InChI=1S/C7H16N2.ClH/c1-3-4-5-6(2)7(8)9;/h6H,3-5H2,1-2H3,(H3,8,9);1H. The Bertz CT molecular complexity index is 93.6. The van der Waals surface area contributed by atoms with Crippen LogP contribution >= 0.6 is 12.4 Å². The predicted molar refractivity (Wildman–Crippen MR) is 47.9 cm³/mol. The average Bonchev–Trinajstić information content (AvgIpc) is 1.82. The van der Waals surface area contributed by atoms with E-state index in [1.165, 1.54) is 12.8 Å². The second-order valence-corrected chi connectivity index (χ2v) is 2.50. The van der Waals surface area contributed by atoms with E-state index in [1.807, 2.05) is 6.92 Å². The zero-order valence-corrected chi connectivity index (χ0v) is 7.50. The normalized spacial score (nSPS) is 11.8. The van der Waals surface area contributed by atoms with Gasteiger partial charge in [0.2, 0.25) is 0 Å². The van der Waals surface area contributed by atoms with E-state index in [9.17, 15) is 0 Å². The highest BCUT2D eigenvalue weighted by molar-refractivity contribution is 5.85. The van der Waals surface area contributed by atoms with Gasteiger partial charge in [0.1, 0.15) is 0 Å². The van der Waals surface area contributed by atoms with Gasteiger partial charge < -0.3 is 5.73 Å². The van der Waals surface area contributed by atoms with Crippen molar-refractivity contribution >= 4 is 18.2 Å². The van der Waals surface area contributed by atoms with Gasteiger partial charge in [-0.3, -0.25) is 5.41 Å². The average molecular weight is 165 g/mol. The van der Waals surface area contributed by atoms with Crippen molar-refractivity contribution in [1.82, 2.24) is 0 Å². The molecule has 3 heteroatoms. The molecule has 0 saturated heterocycles. The van der Waals surface area contributed by atoms with Gasteiger partial charge in [-0.05, 0) is 6.42 Å². The van der Waals surface area contributed by atoms with Gasteiger partial charge in [-0.15, -0.1) is 12.4 Å². The maximum atomic E-state index is 7.06. The van der Waals surface area contributed by atoms with Gasteiger partial charge in [-0.25, -0.2) is 0 Å². The van der Waals surface area contributed by atoms with Crippen LogP contribution in [0.4, 0.5) is 0 Å². The molecule has 0 fully saturated rings. The Morgan fingerprint density at radius 3 is 2.40 bits per heavy atom. The third-order valence-electron chi connectivity index (χ3n) is 1.52. The molecule has 0 amide bonds. The summed E-state index contributed by atoms with van der Waals surface area (Å²) in [4.78, 5) is 0. The predicted octanol–water partition coefficient (Wildman–Crippen LogP) is 2.17. The Kier molecular flexibility index (Phi) is 8.55. The minimum Gasteiger partial charge on any atom is -0.387 e. The van der Waals surface area contributed by atoms with Crippen LogP contribution in [0, 0.1) is 11.3 Å². The van der Waals surface area contributed by atoms with Crippen molar-refractivity contribution in [3.63, 3.8) is 0 Å². The summed E-state index contributed by atoms with van der Waals surface area (Å²) in [6.45, 7) is 4.14. The molecule has 0 aromatic rings. The molecule has 0 aliphatic carbocycles. The van der Waals surface area contributed by atoms with Crippen LogP contribution < -0.4 is 5.73 Å².